The third-order valence-corrected chi connectivity index (χ3v) is 5.35. The van der Waals surface area contributed by atoms with E-state index in [1.165, 1.54) is 0 Å². The molecule has 2 fully saturated rings. The van der Waals surface area contributed by atoms with Gasteiger partial charge in [0.1, 0.15) is 18.0 Å². The highest BCUT2D eigenvalue weighted by Crippen LogP contribution is 2.30. The molecule has 0 spiro atoms. The van der Waals surface area contributed by atoms with Crippen LogP contribution in [0.1, 0.15) is 32.8 Å². The van der Waals surface area contributed by atoms with Crippen LogP contribution in [0.15, 0.2) is 24.3 Å². The molecule has 0 aromatic heterocycles. The van der Waals surface area contributed by atoms with Crippen molar-refractivity contribution in [3.05, 3.63) is 29.8 Å². The van der Waals surface area contributed by atoms with Crippen LogP contribution in [0.3, 0.4) is 0 Å². The molecular formula is C22H31N3O4. The molecule has 1 N–H and O–H groups in total. The van der Waals surface area contributed by atoms with Crippen LogP contribution < -0.4 is 4.74 Å². The second-order valence-electron chi connectivity index (χ2n) is 8.92. The molecule has 3 rings (SSSR count). The first-order valence-corrected chi connectivity index (χ1v) is 10.3. The third-order valence-electron chi connectivity index (χ3n) is 5.35. The van der Waals surface area contributed by atoms with Gasteiger partial charge in [0.05, 0.1) is 17.7 Å². The highest BCUT2D eigenvalue weighted by atomic mass is 16.6. The van der Waals surface area contributed by atoms with Crippen LogP contribution in [-0.2, 0) is 4.74 Å². The van der Waals surface area contributed by atoms with Crippen molar-refractivity contribution in [3.63, 3.8) is 0 Å². The number of nitrogens with zero attached hydrogens (tertiary/aromatic N) is 3. The van der Waals surface area contributed by atoms with E-state index >= 15 is 0 Å². The molecule has 2 heterocycles. The molecule has 1 amide bonds. The predicted octanol–water partition coefficient (Wildman–Crippen LogP) is 2.49. The number of hydrogen-bond acceptors (Lipinski definition) is 6. The van der Waals surface area contributed by atoms with Crippen LogP contribution in [0.5, 0.6) is 5.75 Å². The fourth-order valence-corrected chi connectivity index (χ4v) is 4.33. The molecule has 158 valence electrons. The van der Waals surface area contributed by atoms with Gasteiger partial charge in [-0.3, -0.25) is 4.90 Å². The number of β-amino-alcohol motifs (C(OH)–C–C–N with tert-alkyl or cyclic N) is 1. The fourth-order valence-electron chi connectivity index (χ4n) is 4.33. The molecule has 3 atom stereocenters. The first-order valence-electron chi connectivity index (χ1n) is 10.3. The summed E-state index contributed by atoms with van der Waals surface area (Å²) in [5.74, 6) is 1.44. The number of benzene rings is 1. The van der Waals surface area contributed by atoms with Crippen molar-refractivity contribution < 1.29 is 19.4 Å². The van der Waals surface area contributed by atoms with Crippen molar-refractivity contribution in [1.29, 1.82) is 5.26 Å². The van der Waals surface area contributed by atoms with Crippen LogP contribution in [-0.4, -0.2) is 72.0 Å². The Bertz CT molecular complexity index is 727. The van der Waals surface area contributed by atoms with Crippen LogP contribution in [0.2, 0.25) is 0 Å². The maximum Gasteiger partial charge on any atom is 0.410 e. The molecule has 0 aliphatic carbocycles. The van der Waals surface area contributed by atoms with Gasteiger partial charge in [-0.1, -0.05) is 0 Å². The summed E-state index contributed by atoms with van der Waals surface area (Å²) in [6.45, 7) is 9.35. The van der Waals surface area contributed by atoms with E-state index in [0.717, 1.165) is 19.5 Å². The summed E-state index contributed by atoms with van der Waals surface area (Å²) in [4.78, 5) is 16.3. The molecule has 2 aliphatic rings. The van der Waals surface area contributed by atoms with Gasteiger partial charge in [-0.25, -0.2) is 4.79 Å². The number of likely N-dealkylation sites (tertiary alicyclic amines) is 2. The van der Waals surface area contributed by atoms with Gasteiger partial charge in [0, 0.05) is 32.7 Å². The van der Waals surface area contributed by atoms with Crippen LogP contribution in [0.25, 0.3) is 0 Å². The zero-order valence-electron chi connectivity index (χ0n) is 17.5. The smallest absolute Gasteiger partial charge is 0.410 e. The first-order chi connectivity index (χ1) is 13.7. The number of amides is 1. The molecule has 2 saturated heterocycles. The fraction of sp³-hybridized carbons (Fsp3) is 0.636. The Balaban J connectivity index is 1.49. The molecule has 0 saturated carbocycles. The standard InChI is InChI=1S/C22H31N3O4/c1-16(2)29-21(26)25-12-18-8-19(13-25)11-24(10-18)14-22(3,27)15-28-20-6-4-17(9-23)5-7-20/h4-7,16,18-19,27H,8,10-15H2,1-3H3. The Kier molecular flexibility index (Phi) is 6.66. The van der Waals surface area contributed by atoms with Gasteiger partial charge in [-0.05, 0) is 63.3 Å². The first kappa shape index (κ1) is 21.4. The van der Waals surface area contributed by atoms with Crippen molar-refractivity contribution in [3.8, 4) is 11.8 Å². The molecule has 1 aromatic rings. The summed E-state index contributed by atoms with van der Waals surface area (Å²) in [7, 11) is 0. The number of carbonyl (C=O) groups is 1. The van der Waals surface area contributed by atoms with Gasteiger partial charge in [-0.15, -0.1) is 0 Å². The maximum absolute atomic E-state index is 12.2. The minimum Gasteiger partial charge on any atom is -0.491 e. The number of piperidine rings is 2. The van der Waals surface area contributed by atoms with Gasteiger partial charge in [0.15, 0.2) is 0 Å². The van der Waals surface area contributed by atoms with E-state index in [0.29, 0.717) is 42.8 Å². The van der Waals surface area contributed by atoms with Crippen LogP contribution in [0.4, 0.5) is 4.79 Å². The Morgan fingerprint density at radius 3 is 2.41 bits per heavy atom. The zero-order valence-corrected chi connectivity index (χ0v) is 17.5. The van der Waals surface area contributed by atoms with Crippen molar-refractivity contribution in [2.24, 2.45) is 11.8 Å². The third kappa shape index (κ3) is 6.09. The summed E-state index contributed by atoms with van der Waals surface area (Å²) >= 11 is 0. The van der Waals surface area contributed by atoms with E-state index in [-0.39, 0.29) is 18.8 Å². The van der Waals surface area contributed by atoms with E-state index in [4.69, 9.17) is 14.7 Å². The highest BCUT2D eigenvalue weighted by molar-refractivity contribution is 5.68. The Morgan fingerprint density at radius 1 is 1.24 bits per heavy atom. The largest absolute Gasteiger partial charge is 0.491 e. The van der Waals surface area contributed by atoms with E-state index in [1.807, 2.05) is 18.7 Å². The summed E-state index contributed by atoms with van der Waals surface area (Å²) in [6, 6.07) is 8.96. The summed E-state index contributed by atoms with van der Waals surface area (Å²) in [6.07, 6.45) is 0.796. The normalized spacial score (nSPS) is 23.9. The van der Waals surface area contributed by atoms with Crippen molar-refractivity contribution >= 4 is 6.09 Å². The lowest BCUT2D eigenvalue weighted by atomic mass is 9.84. The average Bonchev–Trinajstić information content (AvgIpc) is 2.65. The summed E-state index contributed by atoms with van der Waals surface area (Å²) in [5.41, 5.74) is -0.411. The number of aliphatic hydroxyl groups is 1. The molecule has 0 radical (unpaired) electrons. The molecule has 2 bridgehead atoms. The Morgan fingerprint density at radius 2 is 1.86 bits per heavy atom. The number of fused-ring (bicyclic) bond motifs is 2. The van der Waals surface area contributed by atoms with Crippen LogP contribution >= 0.6 is 0 Å². The van der Waals surface area contributed by atoms with Gasteiger partial charge < -0.3 is 19.5 Å². The molecule has 2 aliphatic heterocycles. The quantitative estimate of drug-likeness (QED) is 0.788. The number of rotatable bonds is 6. The van der Waals surface area contributed by atoms with Crippen molar-refractivity contribution in [2.75, 3.05) is 39.3 Å². The summed E-state index contributed by atoms with van der Waals surface area (Å²) < 4.78 is 11.1. The second-order valence-corrected chi connectivity index (χ2v) is 8.92. The maximum atomic E-state index is 12.2. The Hall–Kier alpha value is -2.30. The molecule has 7 heteroatoms. The number of hydrogen-bond donors (Lipinski definition) is 1. The predicted molar refractivity (Wildman–Crippen MR) is 109 cm³/mol. The lowest BCUT2D eigenvalue weighted by molar-refractivity contribution is -0.0464. The van der Waals surface area contributed by atoms with Gasteiger partial charge in [0.25, 0.3) is 0 Å². The number of ether oxygens (including phenoxy) is 2. The van der Waals surface area contributed by atoms with Gasteiger partial charge in [-0.2, -0.15) is 5.26 Å². The average molecular weight is 402 g/mol. The van der Waals surface area contributed by atoms with Gasteiger partial charge in [0.2, 0.25) is 0 Å². The number of nitriles is 1. The van der Waals surface area contributed by atoms with E-state index in [9.17, 15) is 9.90 Å². The SMILES string of the molecule is CC(C)OC(=O)N1CC2CC(CN(CC(C)(O)COc3ccc(C#N)cc3)C2)C1. The highest BCUT2D eigenvalue weighted by Gasteiger charge is 2.38. The Labute approximate surface area is 172 Å². The van der Waals surface area contributed by atoms with Crippen molar-refractivity contribution in [2.45, 2.75) is 38.9 Å². The van der Waals surface area contributed by atoms with Crippen LogP contribution in [0, 0.1) is 23.2 Å². The molecule has 3 unspecified atom stereocenters. The monoisotopic (exact) mass is 401 g/mol. The molecule has 29 heavy (non-hydrogen) atoms. The topological polar surface area (TPSA) is 86.0 Å². The molecule has 7 nitrogen and oxygen atoms in total. The van der Waals surface area contributed by atoms with E-state index in [1.54, 1.807) is 31.2 Å². The van der Waals surface area contributed by atoms with Crippen molar-refractivity contribution in [1.82, 2.24) is 9.80 Å². The second kappa shape index (κ2) is 9.02. The molecular weight excluding hydrogens is 370 g/mol. The van der Waals surface area contributed by atoms with Gasteiger partial charge >= 0.3 is 6.09 Å². The van der Waals surface area contributed by atoms with E-state index < -0.39 is 5.60 Å². The zero-order chi connectivity index (χ0) is 21.0. The van der Waals surface area contributed by atoms with E-state index in [2.05, 4.69) is 11.0 Å². The minimum absolute atomic E-state index is 0.105. The summed E-state index contributed by atoms with van der Waals surface area (Å²) in [5, 5.41) is 19.7. The molecule has 1 aromatic carbocycles. The lowest BCUT2D eigenvalue weighted by Crippen LogP contribution is -2.57. The lowest BCUT2D eigenvalue weighted by Gasteiger charge is -2.46. The minimum atomic E-state index is -0.990. The number of carbonyl (C=O) groups excluding carboxylic acids is 1.